The van der Waals surface area contributed by atoms with Crippen LogP contribution < -0.4 is 0 Å². The Balaban J connectivity index is 2.14. The van der Waals surface area contributed by atoms with E-state index in [-0.39, 0.29) is 0 Å². The van der Waals surface area contributed by atoms with Crippen molar-refractivity contribution in [1.82, 2.24) is 0 Å². The molecule has 0 radical (unpaired) electrons. The van der Waals surface area contributed by atoms with Crippen LogP contribution in [-0.4, -0.2) is 0 Å². The van der Waals surface area contributed by atoms with Crippen molar-refractivity contribution in [3.05, 3.63) is 34.5 Å². The molecular formula is C14H18S. The van der Waals surface area contributed by atoms with Gasteiger partial charge in [-0.15, -0.1) is 11.3 Å². The van der Waals surface area contributed by atoms with Gasteiger partial charge in [-0.1, -0.05) is 44.5 Å². The maximum absolute atomic E-state index is 2.34. The van der Waals surface area contributed by atoms with E-state index in [1.165, 1.54) is 30.0 Å². The Morgan fingerprint density at radius 2 is 2.07 bits per heavy atom. The minimum absolute atomic E-state index is 0.853. The van der Waals surface area contributed by atoms with Crippen LogP contribution in [0.5, 0.6) is 0 Å². The summed E-state index contributed by atoms with van der Waals surface area (Å²) in [5, 5.41) is 5.15. The third kappa shape index (κ3) is 2.40. The van der Waals surface area contributed by atoms with Crippen molar-refractivity contribution in [2.75, 3.05) is 0 Å². The standard InChI is InChI=1S/C14H18S/c1-3-11(2)8-9-14-13-7-5-4-6-12(13)10-15-14/h4-7,10-11H,3,8-9H2,1-2H3. The summed E-state index contributed by atoms with van der Waals surface area (Å²) < 4.78 is 0. The molecule has 1 atom stereocenters. The van der Waals surface area contributed by atoms with Crippen LogP contribution in [0, 0.1) is 5.92 Å². The lowest BCUT2D eigenvalue weighted by atomic mass is 10.0. The molecular weight excluding hydrogens is 200 g/mol. The van der Waals surface area contributed by atoms with Crippen LogP contribution in [0.4, 0.5) is 0 Å². The van der Waals surface area contributed by atoms with Crippen LogP contribution in [0.15, 0.2) is 29.6 Å². The molecule has 0 spiro atoms. The summed E-state index contributed by atoms with van der Waals surface area (Å²) in [6.07, 6.45) is 3.86. The molecule has 1 heteroatoms. The van der Waals surface area contributed by atoms with Crippen LogP contribution in [0.1, 0.15) is 31.6 Å². The molecule has 0 saturated carbocycles. The molecule has 0 nitrogen and oxygen atoms in total. The molecule has 0 bridgehead atoms. The molecule has 0 aliphatic carbocycles. The molecule has 0 aliphatic rings. The van der Waals surface area contributed by atoms with Gasteiger partial charge >= 0.3 is 0 Å². The molecule has 1 aromatic heterocycles. The van der Waals surface area contributed by atoms with Gasteiger partial charge in [0.1, 0.15) is 0 Å². The Labute approximate surface area is 95.9 Å². The van der Waals surface area contributed by atoms with Crippen LogP contribution in [0.3, 0.4) is 0 Å². The predicted molar refractivity (Wildman–Crippen MR) is 69.6 cm³/mol. The van der Waals surface area contributed by atoms with Gasteiger partial charge in [-0.3, -0.25) is 0 Å². The number of benzene rings is 1. The van der Waals surface area contributed by atoms with E-state index in [4.69, 9.17) is 0 Å². The van der Waals surface area contributed by atoms with Gasteiger partial charge in [0.2, 0.25) is 0 Å². The van der Waals surface area contributed by atoms with Crippen molar-refractivity contribution in [3.63, 3.8) is 0 Å². The number of fused-ring (bicyclic) bond motifs is 1. The molecule has 1 heterocycles. The molecule has 1 aromatic carbocycles. The number of hydrogen-bond donors (Lipinski definition) is 0. The second-order valence-corrected chi connectivity index (χ2v) is 5.26. The van der Waals surface area contributed by atoms with Crippen LogP contribution >= 0.6 is 11.3 Å². The Bertz CT molecular complexity index is 428. The highest BCUT2D eigenvalue weighted by molar-refractivity contribution is 7.11. The SMILES string of the molecule is CCC(C)CCc1scc2ccccc12. The van der Waals surface area contributed by atoms with Gasteiger partial charge < -0.3 is 0 Å². The highest BCUT2D eigenvalue weighted by Crippen LogP contribution is 2.27. The van der Waals surface area contributed by atoms with E-state index in [1.807, 2.05) is 11.3 Å². The molecule has 0 amide bonds. The summed E-state index contributed by atoms with van der Waals surface area (Å²) >= 11 is 1.92. The minimum Gasteiger partial charge on any atom is -0.148 e. The molecule has 0 aliphatic heterocycles. The average Bonchev–Trinajstić information content (AvgIpc) is 2.69. The van der Waals surface area contributed by atoms with Crippen LogP contribution in [0.2, 0.25) is 0 Å². The van der Waals surface area contributed by atoms with Crippen molar-refractivity contribution in [2.45, 2.75) is 33.1 Å². The number of thiophene rings is 1. The highest BCUT2D eigenvalue weighted by atomic mass is 32.1. The lowest BCUT2D eigenvalue weighted by molar-refractivity contribution is 0.519. The van der Waals surface area contributed by atoms with Crippen LogP contribution in [-0.2, 0) is 6.42 Å². The first kappa shape index (κ1) is 10.7. The molecule has 1 unspecified atom stereocenters. The van der Waals surface area contributed by atoms with Crippen molar-refractivity contribution in [1.29, 1.82) is 0 Å². The van der Waals surface area contributed by atoms with E-state index in [0.717, 1.165) is 5.92 Å². The second-order valence-electron chi connectivity index (χ2n) is 4.30. The van der Waals surface area contributed by atoms with Crippen molar-refractivity contribution < 1.29 is 0 Å². The minimum atomic E-state index is 0.853. The lowest BCUT2D eigenvalue weighted by Crippen LogP contribution is -1.93. The van der Waals surface area contributed by atoms with Crippen molar-refractivity contribution >= 4 is 22.1 Å². The largest absolute Gasteiger partial charge is 0.148 e. The fourth-order valence-electron chi connectivity index (χ4n) is 1.83. The summed E-state index contributed by atoms with van der Waals surface area (Å²) in [4.78, 5) is 1.56. The summed E-state index contributed by atoms with van der Waals surface area (Å²) in [5.41, 5.74) is 0. The van der Waals surface area contributed by atoms with Gasteiger partial charge in [-0.25, -0.2) is 0 Å². The Hall–Kier alpha value is -0.820. The molecule has 15 heavy (non-hydrogen) atoms. The fraction of sp³-hybridized carbons (Fsp3) is 0.429. The van der Waals surface area contributed by atoms with Crippen molar-refractivity contribution in [3.8, 4) is 0 Å². The van der Waals surface area contributed by atoms with Gasteiger partial charge in [0.25, 0.3) is 0 Å². The molecule has 2 rings (SSSR count). The molecule has 80 valence electrons. The topological polar surface area (TPSA) is 0 Å². The first-order valence-electron chi connectivity index (χ1n) is 5.76. The van der Waals surface area contributed by atoms with E-state index in [2.05, 4.69) is 43.5 Å². The normalized spacial score (nSPS) is 13.2. The Kier molecular flexibility index (Phi) is 3.42. The van der Waals surface area contributed by atoms with Gasteiger partial charge in [0.15, 0.2) is 0 Å². The zero-order valence-electron chi connectivity index (χ0n) is 9.49. The van der Waals surface area contributed by atoms with E-state index >= 15 is 0 Å². The fourth-order valence-corrected chi connectivity index (χ4v) is 2.85. The highest BCUT2D eigenvalue weighted by Gasteiger charge is 2.05. The summed E-state index contributed by atoms with van der Waals surface area (Å²) in [5.74, 6) is 0.853. The van der Waals surface area contributed by atoms with E-state index in [0.29, 0.717) is 0 Å². The predicted octanol–water partition coefficient (Wildman–Crippen LogP) is 4.88. The zero-order valence-corrected chi connectivity index (χ0v) is 10.3. The summed E-state index contributed by atoms with van der Waals surface area (Å²) in [7, 11) is 0. The molecule has 0 saturated heterocycles. The first-order valence-corrected chi connectivity index (χ1v) is 6.64. The Morgan fingerprint density at radius 1 is 1.27 bits per heavy atom. The molecule has 0 N–H and O–H groups in total. The summed E-state index contributed by atoms with van der Waals surface area (Å²) in [6, 6.07) is 8.71. The van der Waals surface area contributed by atoms with Gasteiger partial charge in [0.05, 0.1) is 0 Å². The first-order chi connectivity index (χ1) is 7.31. The molecule has 0 fully saturated rings. The third-order valence-electron chi connectivity index (χ3n) is 3.15. The van der Waals surface area contributed by atoms with Gasteiger partial charge in [-0.05, 0) is 34.9 Å². The monoisotopic (exact) mass is 218 g/mol. The van der Waals surface area contributed by atoms with Crippen molar-refractivity contribution in [2.24, 2.45) is 5.92 Å². The zero-order chi connectivity index (χ0) is 10.7. The smallest absolute Gasteiger partial charge is 0.0124 e. The van der Waals surface area contributed by atoms with Gasteiger partial charge in [-0.2, -0.15) is 0 Å². The maximum Gasteiger partial charge on any atom is 0.0124 e. The van der Waals surface area contributed by atoms with E-state index in [1.54, 1.807) is 4.88 Å². The third-order valence-corrected chi connectivity index (χ3v) is 4.23. The Morgan fingerprint density at radius 3 is 2.87 bits per heavy atom. The van der Waals surface area contributed by atoms with E-state index < -0.39 is 0 Å². The number of hydrogen-bond acceptors (Lipinski definition) is 1. The number of aryl methyl sites for hydroxylation is 1. The maximum atomic E-state index is 2.34. The number of rotatable bonds is 4. The lowest BCUT2D eigenvalue weighted by Gasteiger charge is -2.06. The molecule has 2 aromatic rings. The van der Waals surface area contributed by atoms with E-state index in [9.17, 15) is 0 Å². The average molecular weight is 218 g/mol. The van der Waals surface area contributed by atoms with Crippen LogP contribution in [0.25, 0.3) is 10.8 Å². The van der Waals surface area contributed by atoms with Gasteiger partial charge in [0, 0.05) is 4.88 Å². The summed E-state index contributed by atoms with van der Waals surface area (Å²) in [6.45, 7) is 4.62. The quantitative estimate of drug-likeness (QED) is 0.686. The second kappa shape index (κ2) is 4.80.